The first-order chi connectivity index (χ1) is 8.04. The van der Waals surface area contributed by atoms with Crippen LogP contribution in [0.25, 0.3) is 0 Å². The van der Waals surface area contributed by atoms with E-state index in [0.29, 0.717) is 0 Å². The fourth-order valence-electron chi connectivity index (χ4n) is 1.75. The van der Waals surface area contributed by atoms with Gasteiger partial charge in [-0.05, 0) is 38.6 Å². The lowest BCUT2D eigenvalue weighted by atomic mass is 10.1. The Kier molecular flexibility index (Phi) is 4.97. The smallest absolute Gasteiger partial charge is 0.236 e. The van der Waals surface area contributed by atoms with E-state index in [1.807, 2.05) is 37.9 Å². The van der Waals surface area contributed by atoms with Crippen LogP contribution in [0.1, 0.15) is 19.4 Å². The Morgan fingerprint density at radius 1 is 1.35 bits per heavy atom. The Morgan fingerprint density at radius 3 is 2.35 bits per heavy atom. The molecule has 1 rings (SSSR count). The molecule has 4 nitrogen and oxygen atoms in total. The molecule has 0 aliphatic heterocycles. The molecule has 3 N–H and O–H groups in total. The molecule has 0 saturated carbocycles. The van der Waals surface area contributed by atoms with Crippen LogP contribution in [-0.4, -0.2) is 25.5 Å². The number of hydrogen-bond donors (Lipinski definition) is 2. The summed E-state index contributed by atoms with van der Waals surface area (Å²) in [5.41, 5.74) is 7.50. The number of primary amides is 1. The normalized spacial score (nSPS) is 10.6. The Hall–Kier alpha value is -1.55. The predicted octanol–water partition coefficient (Wildman–Crippen LogP) is 1.11. The molecule has 0 aliphatic rings. The summed E-state index contributed by atoms with van der Waals surface area (Å²) in [7, 11) is 1.92. The lowest BCUT2D eigenvalue weighted by Gasteiger charge is -2.27. The minimum absolute atomic E-state index is 0.248. The highest BCUT2D eigenvalue weighted by atomic mass is 16.1. The van der Waals surface area contributed by atoms with Gasteiger partial charge in [-0.3, -0.25) is 4.79 Å². The number of nitrogens with two attached hydrogens (primary N) is 1. The zero-order valence-electron chi connectivity index (χ0n) is 10.7. The largest absolute Gasteiger partial charge is 0.368 e. The van der Waals surface area contributed by atoms with Crippen LogP contribution in [-0.2, 0) is 11.3 Å². The van der Waals surface area contributed by atoms with Crippen LogP contribution in [0.4, 0.5) is 5.69 Å². The first-order valence-electron chi connectivity index (χ1n) is 5.83. The van der Waals surface area contributed by atoms with Crippen LogP contribution >= 0.6 is 0 Å². The van der Waals surface area contributed by atoms with E-state index in [0.717, 1.165) is 12.2 Å². The van der Waals surface area contributed by atoms with Crippen molar-refractivity contribution >= 4 is 11.6 Å². The molecule has 0 aliphatic carbocycles. The highest BCUT2D eigenvalue weighted by molar-refractivity contribution is 5.79. The summed E-state index contributed by atoms with van der Waals surface area (Å²) in [5, 5.41) is 3.10. The van der Waals surface area contributed by atoms with Gasteiger partial charge in [0.15, 0.2) is 0 Å². The monoisotopic (exact) mass is 235 g/mol. The van der Waals surface area contributed by atoms with Crippen LogP contribution in [0.5, 0.6) is 0 Å². The Morgan fingerprint density at radius 2 is 1.94 bits per heavy atom. The number of rotatable bonds is 6. The Balaban J connectivity index is 2.83. The average Bonchev–Trinajstić information content (AvgIpc) is 2.27. The molecule has 0 radical (unpaired) electrons. The SMILES string of the molecule is CNCc1ccc(N(CC(N)=O)C(C)C)cc1. The van der Waals surface area contributed by atoms with Gasteiger partial charge >= 0.3 is 0 Å². The van der Waals surface area contributed by atoms with E-state index in [1.165, 1.54) is 5.56 Å². The van der Waals surface area contributed by atoms with E-state index in [-0.39, 0.29) is 18.5 Å². The lowest BCUT2D eigenvalue weighted by Crippen LogP contribution is -2.38. The summed E-state index contributed by atoms with van der Waals surface area (Å²) in [6.45, 7) is 5.19. The molecule has 1 aromatic carbocycles. The van der Waals surface area contributed by atoms with Crippen molar-refractivity contribution < 1.29 is 4.79 Å². The first kappa shape index (κ1) is 13.5. The number of carbonyl (C=O) groups is 1. The molecule has 0 bridgehead atoms. The van der Waals surface area contributed by atoms with Crippen LogP contribution in [0.15, 0.2) is 24.3 Å². The maximum Gasteiger partial charge on any atom is 0.236 e. The second-order valence-electron chi connectivity index (χ2n) is 4.38. The van der Waals surface area contributed by atoms with E-state index < -0.39 is 0 Å². The molecule has 17 heavy (non-hydrogen) atoms. The molecule has 1 aromatic rings. The van der Waals surface area contributed by atoms with Crippen molar-refractivity contribution in [1.82, 2.24) is 5.32 Å². The number of benzene rings is 1. The molecule has 1 amide bonds. The summed E-state index contributed by atoms with van der Waals surface area (Å²) in [4.78, 5) is 13.0. The lowest BCUT2D eigenvalue weighted by molar-refractivity contribution is -0.116. The van der Waals surface area contributed by atoms with Gasteiger partial charge < -0.3 is 16.0 Å². The highest BCUT2D eigenvalue weighted by Gasteiger charge is 2.12. The third-order valence-corrected chi connectivity index (χ3v) is 2.60. The van der Waals surface area contributed by atoms with Crippen LogP contribution in [0, 0.1) is 0 Å². The molecule has 0 heterocycles. The van der Waals surface area contributed by atoms with E-state index in [9.17, 15) is 4.79 Å². The van der Waals surface area contributed by atoms with Gasteiger partial charge in [-0.15, -0.1) is 0 Å². The molecule has 0 unspecified atom stereocenters. The summed E-state index contributed by atoms with van der Waals surface area (Å²) in [5.74, 6) is -0.307. The van der Waals surface area contributed by atoms with E-state index >= 15 is 0 Å². The molecule has 4 heteroatoms. The maximum atomic E-state index is 11.0. The Labute approximate surface area is 103 Å². The molecule has 0 atom stereocenters. The van der Waals surface area contributed by atoms with Gasteiger partial charge in [0, 0.05) is 18.3 Å². The number of anilines is 1. The number of amides is 1. The molecular weight excluding hydrogens is 214 g/mol. The highest BCUT2D eigenvalue weighted by Crippen LogP contribution is 2.17. The molecule has 0 saturated heterocycles. The van der Waals surface area contributed by atoms with Crippen molar-refractivity contribution in [2.24, 2.45) is 5.73 Å². The van der Waals surface area contributed by atoms with Crippen molar-refractivity contribution in [1.29, 1.82) is 0 Å². The quantitative estimate of drug-likeness (QED) is 0.776. The van der Waals surface area contributed by atoms with E-state index in [2.05, 4.69) is 17.4 Å². The summed E-state index contributed by atoms with van der Waals surface area (Å²) < 4.78 is 0. The molecule has 0 aromatic heterocycles. The third kappa shape index (κ3) is 4.07. The van der Waals surface area contributed by atoms with Crippen molar-refractivity contribution in [2.75, 3.05) is 18.5 Å². The fraction of sp³-hybridized carbons (Fsp3) is 0.462. The molecule has 94 valence electrons. The number of nitrogens with zero attached hydrogens (tertiary/aromatic N) is 1. The number of carbonyl (C=O) groups excluding carboxylic acids is 1. The summed E-state index contributed by atoms with van der Waals surface area (Å²) in [6.07, 6.45) is 0. The van der Waals surface area contributed by atoms with Crippen molar-refractivity contribution in [2.45, 2.75) is 26.4 Å². The third-order valence-electron chi connectivity index (χ3n) is 2.60. The van der Waals surface area contributed by atoms with E-state index in [4.69, 9.17) is 5.73 Å². The Bertz CT molecular complexity index is 359. The zero-order chi connectivity index (χ0) is 12.8. The summed E-state index contributed by atoms with van der Waals surface area (Å²) in [6, 6.07) is 8.41. The maximum absolute atomic E-state index is 11.0. The van der Waals surface area contributed by atoms with Gasteiger partial charge in [0.1, 0.15) is 0 Å². The van der Waals surface area contributed by atoms with Crippen molar-refractivity contribution in [3.8, 4) is 0 Å². The fourth-order valence-corrected chi connectivity index (χ4v) is 1.75. The van der Waals surface area contributed by atoms with Gasteiger partial charge in [-0.2, -0.15) is 0 Å². The van der Waals surface area contributed by atoms with Crippen LogP contribution < -0.4 is 16.0 Å². The minimum Gasteiger partial charge on any atom is -0.368 e. The standard InChI is InChI=1S/C13H21N3O/c1-10(2)16(9-13(14)17)12-6-4-11(5-7-12)8-15-3/h4-7,10,15H,8-9H2,1-3H3,(H2,14,17). The number of nitrogens with one attached hydrogen (secondary N) is 1. The summed E-state index contributed by atoms with van der Waals surface area (Å²) >= 11 is 0. The zero-order valence-corrected chi connectivity index (χ0v) is 10.7. The van der Waals surface area contributed by atoms with Crippen LogP contribution in [0.3, 0.4) is 0 Å². The van der Waals surface area contributed by atoms with Gasteiger partial charge in [-0.25, -0.2) is 0 Å². The molecular formula is C13H21N3O. The van der Waals surface area contributed by atoms with Crippen molar-refractivity contribution in [3.05, 3.63) is 29.8 Å². The topological polar surface area (TPSA) is 58.4 Å². The second kappa shape index (κ2) is 6.25. The van der Waals surface area contributed by atoms with Crippen LogP contribution in [0.2, 0.25) is 0 Å². The van der Waals surface area contributed by atoms with Gasteiger partial charge in [-0.1, -0.05) is 12.1 Å². The first-order valence-corrected chi connectivity index (χ1v) is 5.83. The molecule has 0 fully saturated rings. The predicted molar refractivity (Wildman–Crippen MR) is 70.9 cm³/mol. The van der Waals surface area contributed by atoms with Gasteiger partial charge in [0.05, 0.1) is 6.54 Å². The minimum atomic E-state index is -0.307. The number of hydrogen-bond acceptors (Lipinski definition) is 3. The average molecular weight is 235 g/mol. The second-order valence-corrected chi connectivity index (χ2v) is 4.38. The van der Waals surface area contributed by atoms with Gasteiger partial charge in [0.2, 0.25) is 5.91 Å². The van der Waals surface area contributed by atoms with Gasteiger partial charge in [0.25, 0.3) is 0 Å². The molecule has 0 spiro atoms. The van der Waals surface area contributed by atoms with E-state index in [1.54, 1.807) is 0 Å². The van der Waals surface area contributed by atoms with Crippen molar-refractivity contribution in [3.63, 3.8) is 0 Å².